The second-order valence-electron chi connectivity index (χ2n) is 21.4. The maximum absolute atomic E-state index is 12.9. The minimum absolute atomic E-state index is 0.0892. The Morgan fingerprint density at radius 3 is 1.17 bits per heavy atom. The highest BCUT2D eigenvalue weighted by Crippen LogP contribution is 2.34. The molecule has 488 valence electrons. The molecule has 4 heterocycles. The zero-order chi connectivity index (χ0) is 62.6. The molecule has 0 aliphatic carbocycles. The number of carbonyl (C=O) groups excluding carboxylic acids is 8. The van der Waals surface area contributed by atoms with E-state index in [2.05, 4.69) is 53.2 Å². The van der Waals surface area contributed by atoms with Crippen molar-refractivity contribution in [3.63, 3.8) is 0 Å². The molecule has 4 fully saturated rings. The van der Waals surface area contributed by atoms with Crippen molar-refractivity contribution in [3.8, 4) is 0 Å². The van der Waals surface area contributed by atoms with Crippen LogP contribution in [0.3, 0.4) is 0 Å². The number of nitrogens with one attached hydrogen (secondary N) is 10. The number of fused-ring (bicyclic) bond motifs is 2. The van der Waals surface area contributed by atoms with Crippen molar-refractivity contribution in [2.45, 2.75) is 144 Å². The van der Waals surface area contributed by atoms with Crippen LogP contribution in [0, 0.1) is 6.92 Å². The van der Waals surface area contributed by atoms with Gasteiger partial charge in [-0.15, -0.1) is 0 Å². The average molecular weight is 1270 g/mol. The van der Waals surface area contributed by atoms with Gasteiger partial charge in [0, 0.05) is 98.6 Å². The molecule has 1 aromatic rings. The first-order valence-electron chi connectivity index (χ1n) is 30.2. The van der Waals surface area contributed by atoms with Gasteiger partial charge in [-0.25, -0.2) is 19.2 Å². The Hall–Kier alpha value is -6.02. The number of thioether (sulfide) groups is 2. The molecule has 0 aromatic heterocycles. The summed E-state index contributed by atoms with van der Waals surface area (Å²) in [7, 11) is 0. The van der Waals surface area contributed by atoms with Gasteiger partial charge < -0.3 is 91.8 Å². The van der Waals surface area contributed by atoms with Gasteiger partial charge in [-0.05, 0) is 82.1 Å². The Morgan fingerprint density at radius 2 is 0.816 bits per heavy atom. The highest BCUT2D eigenvalue weighted by molar-refractivity contribution is 8.00. The number of aryl methyl sites for hydroxylation is 1. The summed E-state index contributed by atoms with van der Waals surface area (Å²) in [6.45, 7) is 7.29. The van der Waals surface area contributed by atoms with E-state index in [0.717, 1.165) is 42.8 Å². The molecular weight excluding hydrogens is 1180 g/mol. The van der Waals surface area contributed by atoms with Crippen molar-refractivity contribution in [3.05, 3.63) is 34.9 Å². The molecule has 0 radical (unpaired) electrons. The quantitative estimate of drug-likeness (QED) is 0.0316. The Kier molecular flexibility index (Phi) is 34.0. The van der Waals surface area contributed by atoms with Crippen LogP contribution in [0.4, 0.5) is 9.59 Å². The summed E-state index contributed by atoms with van der Waals surface area (Å²) < 4.78 is 33.3. The number of rotatable bonds is 48. The number of benzene rings is 1. The molecule has 0 saturated carbocycles. The monoisotopic (exact) mass is 1270 g/mol. The zero-order valence-corrected chi connectivity index (χ0v) is 51.4. The summed E-state index contributed by atoms with van der Waals surface area (Å²) in [6, 6.07) is 2.45. The summed E-state index contributed by atoms with van der Waals surface area (Å²) in [5.74, 6) is -3.33. The third-order valence-corrected chi connectivity index (χ3v) is 17.4. The molecule has 1 aromatic carbocycles. The summed E-state index contributed by atoms with van der Waals surface area (Å²) in [5, 5.41) is 47.3. The van der Waals surface area contributed by atoms with Crippen LogP contribution in [0.1, 0.15) is 116 Å². The number of amides is 10. The first-order valence-corrected chi connectivity index (χ1v) is 32.3. The number of carboxylic acids is 2. The van der Waals surface area contributed by atoms with Gasteiger partial charge in [0.05, 0.1) is 89.9 Å². The predicted octanol–water partition coefficient (Wildman–Crippen LogP) is 0.718. The van der Waals surface area contributed by atoms with Gasteiger partial charge in [-0.2, -0.15) is 23.5 Å². The van der Waals surface area contributed by atoms with Crippen LogP contribution in [0.5, 0.6) is 0 Å². The van der Waals surface area contributed by atoms with Gasteiger partial charge in [0.1, 0.15) is 12.1 Å². The molecule has 0 spiro atoms. The van der Waals surface area contributed by atoms with Crippen molar-refractivity contribution >= 4 is 83.0 Å². The average Bonchev–Trinajstić information content (AvgIpc) is 2.03. The normalized spacial score (nSPS) is 19.7. The van der Waals surface area contributed by atoms with Gasteiger partial charge in [0.2, 0.25) is 23.6 Å². The van der Waals surface area contributed by atoms with E-state index in [1.807, 2.05) is 6.92 Å². The molecule has 8 unspecified atom stereocenters. The van der Waals surface area contributed by atoms with E-state index in [1.54, 1.807) is 41.7 Å². The molecule has 4 saturated heterocycles. The number of carbonyl (C=O) groups is 10. The molecule has 4 aliphatic heterocycles. The first kappa shape index (κ1) is 71.7. The number of ether oxygens (including phenoxy) is 6. The van der Waals surface area contributed by atoms with E-state index in [0.29, 0.717) is 142 Å². The van der Waals surface area contributed by atoms with E-state index < -0.39 is 47.7 Å². The number of carboxylic acid groups (broad SMARTS) is 2. The van der Waals surface area contributed by atoms with E-state index in [9.17, 15) is 58.2 Å². The minimum atomic E-state index is -1.33. The van der Waals surface area contributed by atoms with E-state index in [4.69, 9.17) is 28.4 Å². The van der Waals surface area contributed by atoms with Gasteiger partial charge in [-0.1, -0.05) is 12.8 Å². The maximum atomic E-state index is 12.9. The Labute approximate surface area is 516 Å². The van der Waals surface area contributed by atoms with Crippen LogP contribution in [0.2, 0.25) is 0 Å². The van der Waals surface area contributed by atoms with E-state index in [1.165, 1.54) is 0 Å². The Morgan fingerprint density at radius 1 is 0.471 bits per heavy atom. The lowest BCUT2D eigenvalue weighted by Gasteiger charge is -2.17. The Balaban J connectivity index is 0.750. The van der Waals surface area contributed by atoms with Crippen molar-refractivity contribution in [1.29, 1.82) is 0 Å². The van der Waals surface area contributed by atoms with Gasteiger partial charge in [-0.3, -0.25) is 28.8 Å². The lowest BCUT2D eigenvalue weighted by atomic mass is 10.0. The van der Waals surface area contributed by atoms with Crippen molar-refractivity contribution in [2.75, 3.05) is 117 Å². The molecule has 87 heavy (non-hydrogen) atoms. The van der Waals surface area contributed by atoms with Crippen LogP contribution in [-0.4, -0.2) is 233 Å². The van der Waals surface area contributed by atoms with Crippen molar-refractivity contribution in [1.82, 2.24) is 53.2 Å². The number of hydrogen-bond donors (Lipinski definition) is 12. The number of aliphatic carboxylic acids is 2. The highest BCUT2D eigenvalue weighted by Gasteiger charge is 2.43. The molecule has 5 rings (SSSR count). The molecule has 4 aliphatic rings. The van der Waals surface area contributed by atoms with Crippen LogP contribution in [0.15, 0.2) is 18.2 Å². The van der Waals surface area contributed by atoms with Crippen molar-refractivity contribution in [2.24, 2.45) is 0 Å². The predicted molar refractivity (Wildman–Crippen MR) is 322 cm³/mol. The van der Waals surface area contributed by atoms with Crippen LogP contribution in [-0.2, 0) is 57.2 Å². The second kappa shape index (κ2) is 41.2. The fourth-order valence-electron chi connectivity index (χ4n) is 9.89. The number of hydrogen-bond acceptors (Lipinski definition) is 18. The zero-order valence-electron chi connectivity index (χ0n) is 49.7. The lowest BCUT2D eigenvalue weighted by molar-refractivity contribution is -0.143. The summed E-state index contributed by atoms with van der Waals surface area (Å²) in [5.41, 5.74) is 1.49. The van der Waals surface area contributed by atoms with Crippen LogP contribution in [0.25, 0.3) is 0 Å². The number of unbranched alkanes of at least 4 members (excludes halogenated alkanes) is 2. The van der Waals surface area contributed by atoms with Crippen LogP contribution >= 0.6 is 23.5 Å². The highest BCUT2D eigenvalue weighted by atomic mass is 32.2. The molecule has 0 bridgehead atoms. The molecular formula is C57H90N10O18S2. The number of urea groups is 2. The van der Waals surface area contributed by atoms with Crippen LogP contribution < -0.4 is 53.2 Å². The smallest absolute Gasteiger partial charge is 0.326 e. The standard InChI is InChI=1S/C57H90N10O18S2/c1-37-30-38(52(72)60-16-8-20-82-24-28-84-26-22-80-18-6-14-58-48(70)33-40(54(74)75)62-46(68)12-4-2-10-44-50-42(35-86-44)64-56(78)66-50)32-39(31-37)53(73)61-17-9-21-83-25-29-85-27-23-81-19-7-15-59-49(71)34-41(55(76)77)63-47(69)13-5-3-11-45-51-43(36-87-45)65-57(79)67-51/h30-32,40-45,50-51H,2-29,33-36H2,1H3,(H,58,70)(H,59,71)(H,60,72)(H,61,73)(H,62,68)(H,63,69)(H,74,75)(H,76,77)(H2,64,66,78)(H2,65,67,79). The summed E-state index contributed by atoms with van der Waals surface area (Å²) >= 11 is 3.59. The van der Waals surface area contributed by atoms with Crippen molar-refractivity contribution < 1.29 is 86.6 Å². The SMILES string of the molecule is Cc1cc(C(=O)NCCCOCCOCCOCCCNC(=O)CC(NC(=O)CCCCC2SCC3NC(=O)NC32)C(=O)O)cc(C(=O)NCCCOCCOCCOCCCNC(=O)CC(NC(=O)CCCCC2SCC3NC(=O)NC32)C(=O)O)c1. The molecule has 8 atom stereocenters. The first-order chi connectivity index (χ1) is 42.1. The summed E-state index contributed by atoms with van der Waals surface area (Å²) in [4.78, 5) is 122. The minimum Gasteiger partial charge on any atom is -0.480 e. The van der Waals surface area contributed by atoms with Gasteiger partial charge in [0.15, 0.2) is 0 Å². The summed E-state index contributed by atoms with van der Waals surface area (Å²) in [6.07, 6.45) is 5.94. The largest absolute Gasteiger partial charge is 0.480 e. The third kappa shape index (κ3) is 28.8. The molecule has 10 amide bonds. The van der Waals surface area contributed by atoms with Gasteiger partial charge in [0.25, 0.3) is 11.8 Å². The van der Waals surface area contributed by atoms with E-state index >= 15 is 0 Å². The topological polar surface area (TPSA) is 387 Å². The lowest BCUT2D eigenvalue weighted by Crippen LogP contribution is -2.44. The molecule has 12 N–H and O–H groups in total. The maximum Gasteiger partial charge on any atom is 0.326 e. The fraction of sp³-hybridized carbons (Fsp3) is 0.719. The second-order valence-corrected chi connectivity index (χ2v) is 24.0. The van der Waals surface area contributed by atoms with E-state index in [-0.39, 0.29) is 97.3 Å². The third-order valence-electron chi connectivity index (χ3n) is 14.4. The Bertz CT molecular complexity index is 2230. The molecule has 30 heteroatoms. The molecule has 28 nitrogen and oxygen atoms in total. The van der Waals surface area contributed by atoms with Gasteiger partial charge >= 0.3 is 24.0 Å². The fourth-order valence-corrected chi connectivity index (χ4v) is 13.0.